The highest BCUT2D eigenvalue weighted by Crippen LogP contribution is 2.25. The first kappa shape index (κ1) is 11.8. The topological polar surface area (TPSA) is 29.1 Å². The summed E-state index contributed by atoms with van der Waals surface area (Å²) >= 11 is 15.8. The molecule has 0 unspecified atom stereocenters. The molecule has 1 N–H and O–H groups in total. The van der Waals surface area contributed by atoms with Crippen molar-refractivity contribution in [2.75, 3.05) is 6.54 Å². The molecule has 0 radical (unpaired) electrons. The van der Waals surface area contributed by atoms with Gasteiger partial charge in [0.25, 0.3) is 9.70 Å². The van der Waals surface area contributed by atoms with Crippen molar-refractivity contribution in [3.05, 3.63) is 24.8 Å². The third-order valence-electron chi connectivity index (χ3n) is 0.910. The molecule has 0 bridgehead atoms. The molecule has 0 aliphatic rings. The SMILES string of the molecule is C=C/C=C/CNC(=O)C(Cl)(Cl)Cl. The lowest BCUT2D eigenvalue weighted by atomic mass is 10.5. The summed E-state index contributed by atoms with van der Waals surface area (Å²) < 4.78 is -1.89. The van der Waals surface area contributed by atoms with Crippen molar-refractivity contribution in [3.8, 4) is 0 Å². The minimum atomic E-state index is -1.89. The summed E-state index contributed by atoms with van der Waals surface area (Å²) in [5.41, 5.74) is 0. The van der Waals surface area contributed by atoms with Gasteiger partial charge in [0.1, 0.15) is 0 Å². The van der Waals surface area contributed by atoms with Crippen molar-refractivity contribution in [2.24, 2.45) is 0 Å². The van der Waals surface area contributed by atoms with Gasteiger partial charge in [0.2, 0.25) is 0 Å². The van der Waals surface area contributed by atoms with Crippen LogP contribution >= 0.6 is 34.8 Å². The van der Waals surface area contributed by atoms with Gasteiger partial charge in [-0.05, 0) is 0 Å². The predicted octanol–water partition coefficient (Wildman–Crippen LogP) is 2.21. The van der Waals surface area contributed by atoms with Crippen LogP contribution in [0.1, 0.15) is 0 Å². The number of amides is 1. The third kappa shape index (κ3) is 5.47. The molecule has 0 saturated carbocycles. The van der Waals surface area contributed by atoms with E-state index in [4.69, 9.17) is 34.8 Å². The van der Waals surface area contributed by atoms with Gasteiger partial charge in [0, 0.05) is 6.54 Å². The number of nitrogens with one attached hydrogen (secondary N) is 1. The lowest BCUT2D eigenvalue weighted by Crippen LogP contribution is -2.34. The number of rotatable bonds is 3. The van der Waals surface area contributed by atoms with Crippen LogP contribution in [0.15, 0.2) is 24.8 Å². The molecule has 0 saturated heterocycles. The van der Waals surface area contributed by atoms with Gasteiger partial charge in [-0.1, -0.05) is 59.6 Å². The second-order valence-corrected chi connectivity index (χ2v) is 4.15. The van der Waals surface area contributed by atoms with E-state index >= 15 is 0 Å². The molecule has 5 heteroatoms. The van der Waals surface area contributed by atoms with Crippen molar-refractivity contribution in [1.82, 2.24) is 5.32 Å². The van der Waals surface area contributed by atoms with E-state index in [1.54, 1.807) is 18.2 Å². The van der Waals surface area contributed by atoms with Crippen LogP contribution in [0.3, 0.4) is 0 Å². The Morgan fingerprint density at radius 3 is 2.50 bits per heavy atom. The van der Waals surface area contributed by atoms with Crippen LogP contribution in [0.2, 0.25) is 0 Å². The number of carbonyl (C=O) groups excluding carboxylic acids is 1. The molecule has 0 aromatic heterocycles. The molecule has 0 aliphatic heterocycles. The Labute approximate surface area is 86.2 Å². The number of allylic oxidation sites excluding steroid dienone is 2. The van der Waals surface area contributed by atoms with Crippen molar-refractivity contribution in [2.45, 2.75) is 3.79 Å². The van der Waals surface area contributed by atoms with Crippen molar-refractivity contribution in [1.29, 1.82) is 0 Å². The number of hydrogen-bond donors (Lipinski definition) is 1. The summed E-state index contributed by atoms with van der Waals surface area (Å²) in [6.45, 7) is 3.77. The molecule has 12 heavy (non-hydrogen) atoms. The molecule has 0 aromatic rings. The van der Waals surface area contributed by atoms with Gasteiger partial charge in [-0.2, -0.15) is 0 Å². The number of halogens is 3. The molecule has 68 valence electrons. The second-order valence-electron chi connectivity index (χ2n) is 1.87. The van der Waals surface area contributed by atoms with Crippen LogP contribution in [0.5, 0.6) is 0 Å². The van der Waals surface area contributed by atoms with E-state index in [2.05, 4.69) is 11.9 Å². The Bertz CT molecular complexity index is 195. The maximum absolute atomic E-state index is 10.9. The summed E-state index contributed by atoms with van der Waals surface area (Å²) in [7, 11) is 0. The van der Waals surface area contributed by atoms with Crippen molar-refractivity contribution in [3.63, 3.8) is 0 Å². The van der Waals surface area contributed by atoms with Crippen molar-refractivity contribution >= 4 is 40.7 Å². The Morgan fingerprint density at radius 2 is 2.08 bits per heavy atom. The quantitative estimate of drug-likeness (QED) is 0.582. The van der Waals surface area contributed by atoms with E-state index in [0.717, 1.165) is 0 Å². The summed E-state index contributed by atoms with van der Waals surface area (Å²) in [6, 6.07) is 0. The van der Waals surface area contributed by atoms with Gasteiger partial charge in [0.05, 0.1) is 0 Å². The molecule has 1 amide bonds. The summed E-state index contributed by atoms with van der Waals surface area (Å²) in [4.78, 5) is 10.9. The van der Waals surface area contributed by atoms with Gasteiger partial charge >= 0.3 is 0 Å². The molecule has 2 nitrogen and oxygen atoms in total. The molecular formula is C7H8Cl3NO. The lowest BCUT2D eigenvalue weighted by Gasteiger charge is -2.08. The van der Waals surface area contributed by atoms with E-state index in [-0.39, 0.29) is 0 Å². The Hall–Kier alpha value is -0.180. The maximum atomic E-state index is 10.9. The monoisotopic (exact) mass is 227 g/mol. The average Bonchev–Trinajstić information content (AvgIpc) is 1.96. The normalized spacial score (nSPS) is 11.6. The number of hydrogen-bond acceptors (Lipinski definition) is 1. The van der Waals surface area contributed by atoms with E-state index in [1.807, 2.05) is 0 Å². The van der Waals surface area contributed by atoms with E-state index in [0.29, 0.717) is 6.54 Å². The van der Waals surface area contributed by atoms with Gasteiger partial charge in [-0.3, -0.25) is 4.79 Å². The zero-order valence-electron chi connectivity index (χ0n) is 6.19. The number of alkyl halides is 3. The van der Waals surface area contributed by atoms with Crippen LogP contribution in [0, 0.1) is 0 Å². The first-order chi connectivity index (χ1) is 5.48. The van der Waals surface area contributed by atoms with E-state index in [1.165, 1.54) is 0 Å². The highest BCUT2D eigenvalue weighted by atomic mass is 35.6. The number of carbonyl (C=O) groups is 1. The molecule has 0 spiro atoms. The lowest BCUT2D eigenvalue weighted by molar-refractivity contribution is -0.120. The molecule has 0 heterocycles. The average molecular weight is 229 g/mol. The zero-order valence-corrected chi connectivity index (χ0v) is 8.46. The first-order valence-corrected chi connectivity index (χ1v) is 4.24. The minimum absolute atomic E-state index is 0.318. The zero-order chi connectivity index (χ0) is 9.61. The van der Waals surface area contributed by atoms with E-state index < -0.39 is 9.70 Å². The summed E-state index contributed by atoms with van der Waals surface area (Å²) in [6.07, 6.45) is 4.95. The Balaban J connectivity index is 3.73. The van der Waals surface area contributed by atoms with Crippen LogP contribution in [0.25, 0.3) is 0 Å². The molecule has 0 fully saturated rings. The third-order valence-corrected chi connectivity index (χ3v) is 1.43. The first-order valence-electron chi connectivity index (χ1n) is 3.11. The van der Waals surface area contributed by atoms with Gasteiger partial charge in [-0.25, -0.2) is 0 Å². The highest BCUT2D eigenvalue weighted by molar-refractivity contribution is 6.76. The van der Waals surface area contributed by atoms with Gasteiger partial charge < -0.3 is 5.32 Å². The van der Waals surface area contributed by atoms with Gasteiger partial charge in [0.15, 0.2) is 0 Å². The molecule has 0 atom stereocenters. The predicted molar refractivity (Wildman–Crippen MR) is 52.6 cm³/mol. The van der Waals surface area contributed by atoms with Crippen LogP contribution < -0.4 is 5.32 Å². The second kappa shape index (κ2) is 5.46. The fourth-order valence-electron chi connectivity index (χ4n) is 0.416. The Kier molecular flexibility index (Phi) is 5.38. The van der Waals surface area contributed by atoms with Crippen LogP contribution in [-0.4, -0.2) is 16.2 Å². The van der Waals surface area contributed by atoms with Crippen LogP contribution in [-0.2, 0) is 4.79 Å². The maximum Gasteiger partial charge on any atom is 0.272 e. The molecule has 0 rings (SSSR count). The summed E-state index contributed by atoms with van der Waals surface area (Å²) in [5.74, 6) is -0.638. The molecular weight excluding hydrogens is 220 g/mol. The standard InChI is InChI=1S/C7H8Cl3NO/c1-2-3-4-5-11-6(12)7(8,9)10/h2-4H,1,5H2,(H,11,12)/b4-3+. The highest BCUT2D eigenvalue weighted by Gasteiger charge is 2.29. The fraction of sp³-hybridized carbons (Fsp3) is 0.286. The smallest absolute Gasteiger partial charge is 0.272 e. The molecule has 0 aliphatic carbocycles. The Morgan fingerprint density at radius 1 is 1.50 bits per heavy atom. The largest absolute Gasteiger partial charge is 0.349 e. The van der Waals surface area contributed by atoms with E-state index in [9.17, 15) is 4.79 Å². The van der Waals surface area contributed by atoms with Crippen molar-refractivity contribution < 1.29 is 4.79 Å². The summed E-state index contributed by atoms with van der Waals surface area (Å²) in [5, 5.41) is 2.39. The van der Waals surface area contributed by atoms with Crippen LogP contribution in [0.4, 0.5) is 0 Å². The molecule has 0 aromatic carbocycles. The van der Waals surface area contributed by atoms with Gasteiger partial charge in [-0.15, -0.1) is 0 Å². The fourth-order valence-corrected chi connectivity index (χ4v) is 0.617. The minimum Gasteiger partial charge on any atom is -0.349 e.